The van der Waals surface area contributed by atoms with Crippen LogP contribution in [0.5, 0.6) is 17.2 Å². The van der Waals surface area contributed by atoms with Gasteiger partial charge in [0.25, 0.3) is 0 Å². The lowest BCUT2D eigenvalue weighted by molar-refractivity contribution is 0.327. The van der Waals surface area contributed by atoms with Gasteiger partial charge in [-0.1, -0.05) is 11.6 Å². The summed E-state index contributed by atoms with van der Waals surface area (Å²) in [5.74, 6) is 1.93. The van der Waals surface area contributed by atoms with Gasteiger partial charge in [0.2, 0.25) is 5.75 Å². The van der Waals surface area contributed by atoms with Gasteiger partial charge in [-0.25, -0.2) is 0 Å². The second-order valence-electron chi connectivity index (χ2n) is 4.74. The van der Waals surface area contributed by atoms with E-state index in [-0.39, 0.29) is 0 Å². The molecule has 4 nitrogen and oxygen atoms in total. The van der Waals surface area contributed by atoms with Crippen LogP contribution in [-0.4, -0.2) is 26.3 Å². The number of H-pyrrole nitrogens is 1. The topological polar surface area (TPSA) is 43.5 Å². The SMILES string of the molecule is COc1cc2c([nH]c3ccc(C)cc32)c(OC)c1OC. The molecule has 0 bridgehead atoms. The van der Waals surface area contributed by atoms with Crippen LogP contribution in [0.2, 0.25) is 0 Å². The summed E-state index contributed by atoms with van der Waals surface area (Å²) in [6.07, 6.45) is 0. The highest BCUT2D eigenvalue weighted by atomic mass is 16.5. The minimum Gasteiger partial charge on any atom is -0.493 e. The van der Waals surface area contributed by atoms with Gasteiger partial charge in [0.1, 0.15) is 0 Å². The molecule has 3 rings (SSSR count). The molecule has 0 unspecified atom stereocenters. The first-order valence-electron chi connectivity index (χ1n) is 6.40. The van der Waals surface area contributed by atoms with E-state index in [9.17, 15) is 0 Å². The fraction of sp³-hybridized carbons (Fsp3) is 0.250. The first-order chi connectivity index (χ1) is 9.69. The predicted molar refractivity (Wildman–Crippen MR) is 80.2 cm³/mol. The molecule has 0 spiro atoms. The van der Waals surface area contributed by atoms with Gasteiger partial charge >= 0.3 is 0 Å². The molecule has 0 aliphatic heterocycles. The van der Waals surface area contributed by atoms with Crippen molar-refractivity contribution in [2.24, 2.45) is 0 Å². The van der Waals surface area contributed by atoms with E-state index in [2.05, 4.69) is 30.1 Å². The van der Waals surface area contributed by atoms with E-state index in [1.165, 1.54) is 5.56 Å². The molecule has 0 amide bonds. The summed E-state index contributed by atoms with van der Waals surface area (Å²) in [4.78, 5) is 3.39. The molecule has 104 valence electrons. The Morgan fingerprint density at radius 2 is 1.60 bits per heavy atom. The van der Waals surface area contributed by atoms with Crippen molar-refractivity contribution in [3.63, 3.8) is 0 Å². The number of rotatable bonds is 3. The number of aromatic amines is 1. The van der Waals surface area contributed by atoms with Crippen molar-refractivity contribution in [1.82, 2.24) is 4.98 Å². The fourth-order valence-corrected chi connectivity index (χ4v) is 2.62. The number of aromatic nitrogens is 1. The number of aryl methyl sites for hydroxylation is 1. The average Bonchev–Trinajstić information content (AvgIpc) is 2.82. The van der Waals surface area contributed by atoms with Crippen LogP contribution in [-0.2, 0) is 0 Å². The highest BCUT2D eigenvalue weighted by molar-refractivity contribution is 6.11. The molecule has 1 N–H and O–H groups in total. The Bertz CT molecular complexity index is 789. The quantitative estimate of drug-likeness (QED) is 0.790. The molecule has 3 aromatic rings. The fourth-order valence-electron chi connectivity index (χ4n) is 2.62. The molecule has 1 heterocycles. The highest BCUT2D eigenvalue weighted by Gasteiger charge is 2.19. The lowest BCUT2D eigenvalue weighted by Gasteiger charge is -2.12. The number of benzene rings is 2. The molecule has 2 aromatic carbocycles. The van der Waals surface area contributed by atoms with Crippen molar-refractivity contribution in [2.45, 2.75) is 6.92 Å². The van der Waals surface area contributed by atoms with E-state index in [4.69, 9.17) is 14.2 Å². The molecule has 0 saturated heterocycles. The van der Waals surface area contributed by atoms with Crippen molar-refractivity contribution in [3.05, 3.63) is 29.8 Å². The lowest BCUT2D eigenvalue weighted by atomic mass is 10.1. The molecule has 4 heteroatoms. The zero-order chi connectivity index (χ0) is 14.3. The third-order valence-corrected chi connectivity index (χ3v) is 3.55. The number of nitrogens with one attached hydrogen (secondary N) is 1. The molecule has 0 aliphatic carbocycles. The second-order valence-corrected chi connectivity index (χ2v) is 4.74. The standard InChI is InChI=1S/C16H17NO3/c1-9-5-6-12-10(7-9)11-8-13(18-2)15(19-3)16(20-4)14(11)17-12/h5-8,17H,1-4H3. The Labute approximate surface area is 117 Å². The Morgan fingerprint density at radius 3 is 2.25 bits per heavy atom. The van der Waals surface area contributed by atoms with Gasteiger partial charge in [-0.15, -0.1) is 0 Å². The van der Waals surface area contributed by atoms with Crippen LogP contribution in [0.1, 0.15) is 5.56 Å². The van der Waals surface area contributed by atoms with E-state index in [1.807, 2.05) is 6.07 Å². The molecule has 0 aliphatic rings. The van der Waals surface area contributed by atoms with Gasteiger partial charge in [0.15, 0.2) is 11.5 Å². The number of ether oxygens (including phenoxy) is 3. The Hall–Kier alpha value is -2.36. The third kappa shape index (κ3) is 1.68. The normalized spacial score (nSPS) is 11.0. The van der Waals surface area contributed by atoms with E-state index in [1.54, 1.807) is 21.3 Å². The van der Waals surface area contributed by atoms with Crippen LogP contribution in [0.3, 0.4) is 0 Å². The number of methoxy groups -OCH3 is 3. The molecule has 0 atom stereocenters. The van der Waals surface area contributed by atoms with Crippen LogP contribution in [0, 0.1) is 6.92 Å². The zero-order valence-corrected chi connectivity index (χ0v) is 12.0. The summed E-state index contributed by atoms with van der Waals surface area (Å²) in [6.45, 7) is 2.08. The molecular weight excluding hydrogens is 254 g/mol. The molecule has 0 radical (unpaired) electrons. The van der Waals surface area contributed by atoms with Crippen LogP contribution in [0.25, 0.3) is 21.8 Å². The van der Waals surface area contributed by atoms with Crippen LogP contribution in [0.15, 0.2) is 24.3 Å². The van der Waals surface area contributed by atoms with Gasteiger partial charge < -0.3 is 19.2 Å². The van der Waals surface area contributed by atoms with E-state index < -0.39 is 0 Å². The first-order valence-corrected chi connectivity index (χ1v) is 6.40. The Balaban J connectivity index is 2.49. The molecule has 0 saturated carbocycles. The summed E-state index contributed by atoms with van der Waals surface area (Å²) in [7, 11) is 4.87. The van der Waals surface area contributed by atoms with E-state index >= 15 is 0 Å². The third-order valence-electron chi connectivity index (χ3n) is 3.55. The van der Waals surface area contributed by atoms with Gasteiger partial charge in [-0.3, -0.25) is 0 Å². The van der Waals surface area contributed by atoms with Crippen LogP contribution in [0.4, 0.5) is 0 Å². The maximum absolute atomic E-state index is 5.52. The molecule has 1 aromatic heterocycles. The van der Waals surface area contributed by atoms with Crippen molar-refractivity contribution in [1.29, 1.82) is 0 Å². The summed E-state index contributed by atoms with van der Waals surface area (Å²) >= 11 is 0. The minimum atomic E-state index is 0.603. The van der Waals surface area contributed by atoms with Gasteiger partial charge in [-0.05, 0) is 25.1 Å². The van der Waals surface area contributed by atoms with E-state index in [0.717, 1.165) is 21.8 Å². The van der Waals surface area contributed by atoms with E-state index in [0.29, 0.717) is 17.2 Å². The summed E-state index contributed by atoms with van der Waals surface area (Å²) in [5, 5.41) is 2.22. The average molecular weight is 271 g/mol. The predicted octanol–water partition coefficient (Wildman–Crippen LogP) is 3.66. The van der Waals surface area contributed by atoms with Gasteiger partial charge in [0, 0.05) is 16.3 Å². The summed E-state index contributed by atoms with van der Waals surface area (Å²) in [6, 6.07) is 8.29. The van der Waals surface area contributed by atoms with Crippen LogP contribution >= 0.6 is 0 Å². The smallest absolute Gasteiger partial charge is 0.205 e. The van der Waals surface area contributed by atoms with Crippen molar-refractivity contribution in [2.75, 3.05) is 21.3 Å². The summed E-state index contributed by atoms with van der Waals surface area (Å²) in [5.41, 5.74) is 3.21. The van der Waals surface area contributed by atoms with Crippen LogP contribution < -0.4 is 14.2 Å². The Morgan fingerprint density at radius 1 is 0.850 bits per heavy atom. The number of hydrogen-bond acceptors (Lipinski definition) is 3. The number of fused-ring (bicyclic) bond motifs is 3. The minimum absolute atomic E-state index is 0.603. The molecule has 20 heavy (non-hydrogen) atoms. The first kappa shape index (κ1) is 12.7. The van der Waals surface area contributed by atoms with Crippen molar-refractivity contribution >= 4 is 21.8 Å². The zero-order valence-electron chi connectivity index (χ0n) is 12.0. The largest absolute Gasteiger partial charge is 0.493 e. The second kappa shape index (κ2) is 4.63. The van der Waals surface area contributed by atoms with Gasteiger partial charge in [-0.2, -0.15) is 0 Å². The monoisotopic (exact) mass is 271 g/mol. The lowest BCUT2D eigenvalue weighted by Crippen LogP contribution is -1.95. The highest BCUT2D eigenvalue weighted by Crippen LogP contribution is 2.45. The molecular formula is C16H17NO3. The number of hydrogen-bond donors (Lipinski definition) is 1. The maximum Gasteiger partial charge on any atom is 0.205 e. The summed E-state index contributed by atoms with van der Waals surface area (Å²) < 4.78 is 16.3. The van der Waals surface area contributed by atoms with Crippen molar-refractivity contribution in [3.8, 4) is 17.2 Å². The maximum atomic E-state index is 5.52. The molecule has 0 fully saturated rings. The van der Waals surface area contributed by atoms with Crippen molar-refractivity contribution < 1.29 is 14.2 Å². The van der Waals surface area contributed by atoms with Gasteiger partial charge in [0.05, 0.1) is 26.8 Å². The Kier molecular flexibility index (Phi) is 2.93.